The molecule has 32 heavy (non-hydrogen) atoms. The Morgan fingerprint density at radius 1 is 0.531 bits per heavy atom. The Kier molecular flexibility index (Phi) is 31.4. The molecule has 0 aromatic carbocycles. The van der Waals surface area contributed by atoms with Gasteiger partial charge in [-0.05, 0) is 19.3 Å². The summed E-state index contributed by atoms with van der Waals surface area (Å²) >= 11 is 0. The van der Waals surface area contributed by atoms with E-state index in [-0.39, 0.29) is 56.5 Å². The molecule has 0 radical (unpaired) electrons. The van der Waals surface area contributed by atoms with Gasteiger partial charge >= 0.3 is 43.7 Å². The van der Waals surface area contributed by atoms with E-state index in [2.05, 4.69) is 6.92 Å². The molecule has 0 bridgehead atoms. The van der Waals surface area contributed by atoms with E-state index in [0.717, 1.165) is 12.8 Å². The average Bonchev–Trinajstić information content (AvgIpc) is 2.74. The van der Waals surface area contributed by atoms with Gasteiger partial charge in [-0.3, -0.25) is 4.79 Å². The van der Waals surface area contributed by atoms with Gasteiger partial charge in [0, 0.05) is 12.4 Å². The van der Waals surface area contributed by atoms with Crippen LogP contribution in [0.25, 0.3) is 0 Å². The van der Waals surface area contributed by atoms with Crippen molar-refractivity contribution >= 4 is 49.7 Å². The number of aliphatic carboxylic acids is 1. The molecule has 0 aromatic heterocycles. The molecule has 184 valence electrons. The van der Waals surface area contributed by atoms with E-state index in [9.17, 15) is 14.7 Å². The molecule has 0 aliphatic carbocycles. The maximum atomic E-state index is 11.4. The third-order valence-electron chi connectivity index (χ3n) is 6.02. The van der Waals surface area contributed by atoms with Crippen LogP contribution in [0.15, 0.2) is 0 Å². The summed E-state index contributed by atoms with van der Waals surface area (Å²) in [6.07, 6.45) is 27.4. The van der Waals surface area contributed by atoms with E-state index in [1.54, 1.807) is 0 Å². The fourth-order valence-electron chi connectivity index (χ4n) is 3.99. The topological polar surface area (TPSA) is 66.4 Å². The molecule has 0 unspecified atom stereocenters. The molecule has 0 spiro atoms. The van der Waals surface area contributed by atoms with Crippen molar-refractivity contribution in [3.8, 4) is 0 Å². The van der Waals surface area contributed by atoms with Crippen LogP contribution >= 0.6 is 0 Å². The van der Waals surface area contributed by atoms with Crippen LogP contribution in [-0.4, -0.2) is 56.3 Å². The predicted octanol–water partition coefficient (Wildman–Crippen LogP) is 6.89. The van der Waals surface area contributed by atoms with Gasteiger partial charge in [0.15, 0.2) is 0 Å². The number of esters is 1. The number of rotatable bonds is 25. The van der Waals surface area contributed by atoms with Crippen LogP contribution in [0.2, 0.25) is 0 Å². The summed E-state index contributed by atoms with van der Waals surface area (Å²) in [5.74, 6) is -1.40. The Morgan fingerprint density at radius 2 is 0.875 bits per heavy atom. The second-order valence-electron chi connectivity index (χ2n) is 9.16. The number of hydrogen-bond acceptors (Lipinski definition) is 4. The van der Waals surface area contributed by atoms with E-state index < -0.39 is 5.97 Å². The van der Waals surface area contributed by atoms with Gasteiger partial charge < -0.3 is 14.6 Å². The second kappa shape index (κ2) is 29.2. The minimum Gasteiger partial charge on any atom is -0.550 e. The smallest absolute Gasteiger partial charge is 0.550 e. The first-order valence-corrected chi connectivity index (χ1v) is 13.5. The van der Waals surface area contributed by atoms with Crippen molar-refractivity contribution in [3.63, 3.8) is 0 Å². The molecule has 0 heterocycles. The minimum atomic E-state index is -1.11. The summed E-state index contributed by atoms with van der Waals surface area (Å²) in [6, 6.07) is 0. The Labute approximate surface area is 229 Å². The predicted molar refractivity (Wildman–Crippen MR) is 134 cm³/mol. The second-order valence-corrected chi connectivity index (χ2v) is 9.16. The number of hydrogen-bond donors (Lipinski definition) is 0. The maximum Gasteiger partial charge on any atom is 2.00 e. The van der Waals surface area contributed by atoms with Gasteiger partial charge in [0.05, 0.1) is 6.61 Å². The fraction of sp³-hybridized carbons (Fsp3) is 0.926. The Bertz CT molecular complexity index is 401. The zero-order chi connectivity index (χ0) is 22.8. The molecule has 0 aromatic rings. The first-order chi connectivity index (χ1) is 15.2. The summed E-state index contributed by atoms with van der Waals surface area (Å²) in [7, 11) is 0. The van der Waals surface area contributed by atoms with Crippen LogP contribution in [0.1, 0.15) is 155 Å². The van der Waals surface area contributed by atoms with Gasteiger partial charge in [-0.15, -0.1) is 0 Å². The first-order valence-electron chi connectivity index (χ1n) is 13.5. The number of carboxylic acids is 1. The number of ether oxygens (including phenoxy) is 1. The van der Waals surface area contributed by atoms with Gasteiger partial charge in [0.2, 0.25) is 0 Å². The quantitative estimate of drug-likeness (QED) is 0.0812. The molecule has 4 nitrogen and oxygen atoms in total. The summed E-state index contributed by atoms with van der Waals surface area (Å²) in [5, 5.41) is 10.3. The van der Waals surface area contributed by atoms with Crippen LogP contribution in [-0.2, 0) is 14.3 Å². The van der Waals surface area contributed by atoms with E-state index in [0.29, 0.717) is 13.0 Å². The third-order valence-corrected chi connectivity index (χ3v) is 6.02. The average molecular weight is 480 g/mol. The number of carbonyl (C=O) groups excluding carboxylic acids is 2. The molecule has 0 saturated heterocycles. The van der Waals surface area contributed by atoms with Crippen LogP contribution in [0, 0.1) is 0 Å². The normalized spacial score (nSPS) is 10.7. The van der Waals surface area contributed by atoms with Crippen LogP contribution in [0.4, 0.5) is 0 Å². The number of carboxylic acid groups (broad SMARTS) is 1. The molecule has 5 heteroatoms. The molecule has 0 atom stereocenters. The van der Waals surface area contributed by atoms with Gasteiger partial charge in [0.1, 0.15) is 0 Å². The molecular weight excluding hydrogens is 428 g/mol. The molecule has 0 rings (SSSR count). The molecule has 0 fully saturated rings. The van der Waals surface area contributed by atoms with Crippen LogP contribution in [0.3, 0.4) is 0 Å². The Hall–Kier alpha value is 0.200. The van der Waals surface area contributed by atoms with E-state index in [1.807, 2.05) is 0 Å². The van der Waals surface area contributed by atoms with E-state index >= 15 is 0 Å². The van der Waals surface area contributed by atoms with Gasteiger partial charge in [-0.2, -0.15) is 0 Å². The Morgan fingerprint density at radius 3 is 1.22 bits per heavy atom. The molecule has 0 aliphatic rings. The molecule has 0 amide bonds. The van der Waals surface area contributed by atoms with Crippen molar-refractivity contribution in [2.75, 3.05) is 6.61 Å². The molecule has 0 N–H and O–H groups in total. The van der Waals surface area contributed by atoms with Crippen LogP contribution in [0.5, 0.6) is 0 Å². The van der Waals surface area contributed by atoms with E-state index in [4.69, 9.17) is 4.74 Å². The van der Waals surface area contributed by atoms with Crippen molar-refractivity contribution in [3.05, 3.63) is 0 Å². The number of carbonyl (C=O) groups is 2. The molecular formula is C27H51CaO4+. The third kappa shape index (κ3) is 30.2. The monoisotopic (exact) mass is 479 g/mol. The summed E-state index contributed by atoms with van der Waals surface area (Å²) in [5.41, 5.74) is 0. The fourth-order valence-corrected chi connectivity index (χ4v) is 3.99. The summed E-state index contributed by atoms with van der Waals surface area (Å²) in [6.45, 7) is 2.74. The molecule has 0 aliphatic heterocycles. The Balaban J connectivity index is 0. The van der Waals surface area contributed by atoms with Gasteiger partial charge in [-0.1, -0.05) is 129 Å². The largest absolute Gasteiger partial charge is 2.00 e. The minimum absolute atomic E-state index is 0. The SMILES string of the molecule is CCCCCCCCCCCCCCCCCCCCCCOC(=O)CCCC(=O)[O-].[Ca+2]. The standard InChI is InChI=1S/C27H52O4.Ca/c1-2-3-4-5-6-7-8-9-10-11-12-13-14-15-16-17-18-19-20-21-25-31-27(30)24-22-23-26(28)29;/h2-25H2,1H3,(H,28,29);/q;+2/p-1. The van der Waals surface area contributed by atoms with Crippen molar-refractivity contribution in [2.45, 2.75) is 155 Å². The van der Waals surface area contributed by atoms with Crippen LogP contribution < -0.4 is 5.11 Å². The molecule has 0 saturated carbocycles. The first kappa shape index (κ1) is 34.4. The van der Waals surface area contributed by atoms with Crippen molar-refractivity contribution < 1.29 is 19.4 Å². The summed E-state index contributed by atoms with van der Waals surface area (Å²) < 4.78 is 5.11. The summed E-state index contributed by atoms with van der Waals surface area (Å²) in [4.78, 5) is 21.7. The van der Waals surface area contributed by atoms with Gasteiger partial charge in [0.25, 0.3) is 0 Å². The zero-order valence-electron chi connectivity index (χ0n) is 21.3. The van der Waals surface area contributed by atoms with Crippen molar-refractivity contribution in [2.24, 2.45) is 0 Å². The zero-order valence-corrected chi connectivity index (χ0v) is 23.5. The van der Waals surface area contributed by atoms with Gasteiger partial charge in [-0.25, -0.2) is 0 Å². The van der Waals surface area contributed by atoms with Crippen molar-refractivity contribution in [1.82, 2.24) is 0 Å². The van der Waals surface area contributed by atoms with Crippen molar-refractivity contribution in [1.29, 1.82) is 0 Å². The maximum absolute atomic E-state index is 11.4. The number of unbranched alkanes of at least 4 members (excludes halogenated alkanes) is 19. The van der Waals surface area contributed by atoms with E-state index in [1.165, 1.54) is 116 Å².